The van der Waals surface area contributed by atoms with Crippen LogP contribution in [0.15, 0.2) is 0 Å². The molecule has 0 radical (unpaired) electrons. The van der Waals surface area contributed by atoms with Crippen LogP contribution in [0, 0.1) is 0 Å². The molecular weight excluding hydrogens is 120 g/mol. The van der Waals surface area contributed by atoms with Crippen LogP contribution in [0.25, 0.3) is 0 Å². The number of halogens is 3. The average Bonchev–Trinajstić information content (AvgIpc) is 0. The van der Waals surface area contributed by atoms with Gasteiger partial charge in [0.2, 0.25) is 0 Å². The molecule has 4 heavy (non-hydrogen) atoms. The number of quaternary nitrogens is 1. The molecule has 0 unspecified atom stereocenters. The average molecular weight is 124 g/mol. The standard InChI is InChI=1S/3ClH.H3N/h3*1H;1H3/p-2. The van der Waals surface area contributed by atoms with E-state index in [1.165, 1.54) is 0 Å². The molecular formula is H4Cl3N-2. The molecule has 0 aromatic rings. The van der Waals surface area contributed by atoms with Gasteiger partial charge < -0.3 is 43.4 Å². The summed E-state index contributed by atoms with van der Waals surface area (Å²) in [7, 11) is 0. The van der Waals surface area contributed by atoms with Crippen LogP contribution in [0.3, 0.4) is 0 Å². The smallest absolute Gasteiger partial charge is 0.369 e. The van der Waals surface area contributed by atoms with Crippen LogP contribution in [0.2, 0.25) is 0 Å². The molecule has 0 spiro atoms. The normalized spacial score (nSPS) is 0. The Kier molecular flexibility index (Phi) is 1140. The first-order valence-electron chi connectivity index (χ1n) is 0. The molecule has 0 aliphatic heterocycles. The van der Waals surface area contributed by atoms with Gasteiger partial charge in [-0.25, -0.2) is 0 Å². The third kappa shape index (κ3) is 13.8. The molecule has 0 saturated heterocycles. The molecule has 0 aliphatic carbocycles. The maximum absolute atomic E-state index is 0. The predicted molar refractivity (Wildman–Crippen MR) is 5.98 cm³/mol. The number of rotatable bonds is 0. The van der Waals surface area contributed by atoms with Gasteiger partial charge in [0, 0.05) is 0 Å². The molecule has 0 bridgehead atoms. The van der Waals surface area contributed by atoms with Crippen molar-refractivity contribution < 1.29 is 37.2 Å². The largest absolute Gasteiger partial charge is 1.00 e. The lowest BCUT2D eigenvalue weighted by atomic mass is 14.0. The van der Waals surface area contributed by atoms with E-state index in [0.29, 0.717) is 0 Å². The van der Waals surface area contributed by atoms with Crippen molar-refractivity contribution in [2.75, 3.05) is 0 Å². The van der Waals surface area contributed by atoms with E-state index in [2.05, 4.69) is 0 Å². The fraction of sp³-hybridized carbons (Fsp3) is 0. The highest BCUT2D eigenvalue weighted by Gasteiger charge is -0.369. The Hall–Kier alpha value is 0.830. The molecule has 0 aliphatic rings. The van der Waals surface area contributed by atoms with E-state index < -0.39 is 0 Å². The molecule has 32 valence electrons. The minimum Gasteiger partial charge on any atom is -1.00 e. The van der Waals surface area contributed by atoms with Gasteiger partial charge in [-0.3, -0.25) is 0 Å². The Morgan fingerprint density at radius 3 is 0.500 bits per heavy atom. The molecule has 0 heterocycles. The second-order valence-electron chi connectivity index (χ2n) is 0. The van der Waals surface area contributed by atoms with Crippen LogP contribution in [-0.2, 0) is 0 Å². The van der Waals surface area contributed by atoms with Gasteiger partial charge >= 0.3 is 0 Å². The number of hydrogen-bond donors (Lipinski definition) is 1. The van der Waals surface area contributed by atoms with Crippen LogP contribution < -0.4 is 43.4 Å². The highest BCUT2D eigenvalue weighted by atomic mass is 35.5. The predicted octanol–water partition coefficient (Wildman–Crippen LogP) is -8.61. The summed E-state index contributed by atoms with van der Waals surface area (Å²) >= 11 is 0. The van der Waals surface area contributed by atoms with E-state index >= 15 is 0 Å². The van der Waals surface area contributed by atoms with Gasteiger partial charge in [-0.2, -0.15) is 0 Å². The van der Waals surface area contributed by atoms with Crippen molar-refractivity contribution in [3.63, 3.8) is 0 Å². The van der Waals surface area contributed by atoms with Crippen molar-refractivity contribution in [2.24, 2.45) is 0 Å². The summed E-state index contributed by atoms with van der Waals surface area (Å²) in [6.07, 6.45) is 0. The summed E-state index contributed by atoms with van der Waals surface area (Å²) in [5.74, 6) is 0. The first-order valence-corrected chi connectivity index (χ1v) is 0. The van der Waals surface area contributed by atoms with Crippen LogP contribution >= 0.6 is 0 Å². The number of hydrogen-bond acceptors (Lipinski definition) is 0. The molecule has 1 nitrogen and oxygen atoms in total. The molecule has 0 fully saturated rings. The first kappa shape index (κ1) is 103. The van der Waals surface area contributed by atoms with Crippen LogP contribution in [0.5, 0.6) is 0 Å². The van der Waals surface area contributed by atoms with Crippen molar-refractivity contribution in [3.8, 4) is 0 Å². The molecule has 0 aromatic heterocycles. The second kappa shape index (κ2) is 44.5. The Morgan fingerprint density at radius 2 is 0.500 bits per heavy atom. The zero-order chi connectivity index (χ0) is 0. The Morgan fingerprint density at radius 1 is 0.500 bits per heavy atom. The summed E-state index contributed by atoms with van der Waals surface area (Å²) in [5.41, 5.74) is 0. The summed E-state index contributed by atoms with van der Waals surface area (Å²) in [6.45, 7) is 0. The second-order valence-corrected chi connectivity index (χ2v) is 0. The SMILES string of the molecule is [Cl-].[Cl-].[Cl-].[NH4+]. The molecule has 0 amide bonds. The van der Waals surface area contributed by atoms with Gasteiger partial charge in [-0.15, -0.1) is 0 Å². The zero-order valence-electron chi connectivity index (χ0n) is 2.13. The molecule has 0 rings (SSSR count). The summed E-state index contributed by atoms with van der Waals surface area (Å²) in [5, 5.41) is 0. The zero-order valence-corrected chi connectivity index (χ0v) is 4.40. The van der Waals surface area contributed by atoms with Gasteiger partial charge in [0.15, 0.2) is 0 Å². The maximum atomic E-state index is 0. The monoisotopic (exact) mass is 123 g/mol. The lowest BCUT2D eigenvalue weighted by Crippen LogP contribution is -3.00. The Balaban J connectivity index is 0. The highest BCUT2D eigenvalue weighted by Crippen LogP contribution is -0.481. The van der Waals surface area contributed by atoms with E-state index in [-0.39, 0.29) is 43.4 Å². The molecule has 4 N–H and O–H groups in total. The minimum atomic E-state index is 0. The van der Waals surface area contributed by atoms with Gasteiger partial charge in [0.1, 0.15) is 0 Å². The van der Waals surface area contributed by atoms with Crippen LogP contribution in [0.1, 0.15) is 0 Å². The van der Waals surface area contributed by atoms with Gasteiger partial charge in [0.25, 0.3) is 0 Å². The Labute approximate surface area is 44.0 Å². The summed E-state index contributed by atoms with van der Waals surface area (Å²) < 4.78 is 0. The van der Waals surface area contributed by atoms with E-state index in [0.717, 1.165) is 0 Å². The minimum absolute atomic E-state index is 0. The van der Waals surface area contributed by atoms with Crippen molar-refractivity contribution >= 4 is 0 Å². The quantitative estimate of drug-likeness (QED) is 0.333. The summed E-state index contributed by atoms with van der Waals surface area (Å²) in [6, 6.07) is 0. The van der Waals surface area contributed by atoms with E-state index in [4.69, 9.17) is 0 Å². The first-order chi connectivity index (χ1) is 0. The van der Waals surface area contributed by atoms with E-state index in [1.54, 1.807) is 0 Å². The third-order valence-corrected chi connectivity index (χ3v) is 0. The highest BCUT2D eigenvalue weighted by molar-refractivity contribution is 2.13. The van der Waals surface area contributed by atoms with Crippen LogP contribution in [-0.4, -0.2) is 0 Å². The van der Waals surface area contributed by atoms with Gasteiger partial charge in [0.05, 0.1) is 0 Å². The fourth-order valence-electron chi connectivity index (χ4n) is 0. The van der Waals surface area contributed by atoms with Gasteiger partial charge in [-0.05, 0) is 0 Å². The lowest BCUT2D eigenvalue weighted by molar-refractivity contribution is -0.001000. The van der Waals surface area contributed by atoms with E-state index in [1.807, 2.05) is 0 Å². The molecule has 4 heteroatoms. The van der Waals surface area contributed by atoms with Crippen molar-refractivity contribution in [1.82, 2.24) is 6.15 Å². The lowest BCUT2D eigenvalue weighted by Gasteiger charge is -1.00. The van der Waals surface area contributed by atoms with Gasteiger partial charge in [-0.1, -0.05) is 0 Å². The topological polar surface area (TPSA) is 36.5 Å². The van der Waals surface area contributed by atoms with E-state index in [9.17, 15) is 0 Å². The third-order valence-electron chi connectivity index (χ3n) is 0. The molecule has 0 aromatic carbocycles. The van der Waals surface area contributed by atoms with Crippen molar-refractivity contribution in [3.05, 3.63) is 0 Å². The van der Waals surface area contributed by atoms with Crippen LogP contribution in [0.4, 0.5) is 0 Å². The van der Waals surface area contributed by atoms with Crippen molar-refractivity contribution in [2.45, 2.75) is 0 Å². The fourth-order valence-corrected chi connectivity index (χ4v) is 0. The Bertz CT molecular complexity index is 3.25. The summed E-state index contributed by atoms with van der Waals surface area (Å²) in [4.78, 5) is 0. The maximum Gasteiger partial charge on any atom is -0.369 e. The molecule has 0 saturated carbocycles. The van der Waals surface area contributed by atoms with Crippen molar-refractivity contribution in [1.29, 1.82) is 0 Å². The molecule has 0 atom stereocenters.